The third-order valence-corrected chi connectivity index (χ3v) is 43.6. The number of hydrogen-bond acceptors (Lipinski definition) is 22. The monoisotopic (exact) mass is 2110 g/mol. The van der Waals surface area contributed by atoms with Crippen molar-refractivity contribution in [3.63, 3.8) is 0 Å². The first-order valence-electron chi connectivity index (χ1n) is 53.5. The average Bonchev–Trinajstić information content (AvgIpc) is 1.61. The molecule has 0 unspecified atom stereocenters. The number of morpholine rings is 1. The number of carbonyl (C=O) groups excluding carboxylic acids is 8. The highest BCUT2D eigenvalue weighted by Crippen LogP contribution is 2.40. The second-order valence-electron chi connectivity index (χ2n) is 43.5. The second-order valence-corrected chi connectivity index (χ2v) is 57.0. The quantitative estimate of drug-likeness (QED) is 0.0327. The summed E-state index contributed by atoms with van der Waals surface area (Å²) in [6.45, 7) is 32.5. The number of benzene rings is 6. The largest absolute Gasteiger partial charge is 0.378 e. The van der Waals surface area contributed by atoms with Gasteiger partial charge in [-0.2, -0.15) is 0 Å². The summed E-state index contributed by atoms with van der Waals surface area (Å²) in [6, 6.07) is 42.7. The number of hydrogen-bond donors (Lipinski definition) is 0. The molecule has 5 saturated carbocycles. The molecule has 0 aromatic heterocycles. The van der Waals surface area contributed by atoms with Gasteiger partial charge < -0.3 is 24.3 Å². The van der Waals surface area contributed by atoms with Crippen molar-refractivity contribution in [2.24, 2.45) is 59.2 Å². The molecule has 3 heterocycles. The molecule has 2 saturated heterocycles. The molecule has 0 N–H and O–H groups in total. The number of ketones is 5. The highest BCUT2D eigenvalue weighted by Gasteiger charge is 2.40. The van der Waals surface area contributed by atoms with Gasteiger partial charge in [0, 0.05) is 143 Å². The average molecular weight is 2120 g/mol. The van der Waals surface area contributed by atoms with Crippen molar-refractivity contribution in [2.45, 2.75) is 303 Å². The van der Waals surface area contributed by atoms with Gasteiger partial charge >= 0.3 is 0 Å². The number of ether oxygens (including phenoxy) is 1. The molecule has 800 valence electrons. The van der Waals surface area contributed by atoms with Gasteiger partial charge in [-0.05, 0) is 373 Å². The molecule has 0 atom stereocenters. The summed E-state index contributed by atoms with van der Waals surface area (Å²) in [7, 11) is -13.3. The topological polar surface area (TPSA) is 333 Å². The predicted molar refractivity (Wildman–Crippen MR) is 587 cm³/mol. The fraction of sp³-hybridized carbons (Fsp3) is 0.617. The van der Waals surface area contributed by atoms with E-state index in [4.69, 9.17) is 16.3 Å². The van der Waals surface area contributed by atoms with E-state index >= 15 is 0 Å². The van der Waals surface area contributed by atoms with Crippen LogP contribution in [0, 0.1) is 66.1 Å². The van der Waals surface area contributed by atoms with E-state index in [1.54, 1.807) is 105 Å². The lowest BCUT2D eigenvalue weighted by Gasteiger charge is -2.29. The molecule has 6 aromatic carbocycles. The maximum absolute atomic E-state index is 13.0. The van der Waals surface area contributed by atoms with Crippen LogP contribution in [0.15, 0.2) is 133 Å². The van der Waals surface area contributed by atoms with Crippen molar-refractivity contribution in [3.05, 3.63) is 183 Å². The van der Waals surface area contributed by atoms with E-state index in [1.165, 1.54) is 49.3 Å². The van der Waals surface area contributed by atoms with Crippen LogP contribution in [-0.4, -0.2) is 203 Å². The van der Waals surface area contributed by atoms with Crippen LogP contribution in [0.1, 0.15) is 292 Å². The number of halogens is 1. The zero-order chi connectivity index (χ0) is 106. The van der Waals surface area contributed by atoms with Crippen LogP contribution >= 0.6 is 11.6 Å². The van der Waals surface area contributed by atoms with Crippen LogP contribution in [-0.2, 0) is 115 Å². The summed E-state index contributed by atoms with van der Waals surface area (Å²) in [5, 5.41) is -1.23. The number of rotatable bonds is 37. The van der Waals surface area contributed by atoms with E-state index in [9.17, 15) is 80.4 Å². The highest BCUT2D eigenvalue weighted by molar-refractivity contribution is 7.93. The Balaban J connectivity index is 0.000000187. The Bertz CT molecular complexity index is 5770. The number of sulfone groups is 5. The molecule has 5 aliphatic carbocycles. The van der Waals surface area contributed by atoms with Crippen LogP contribution in [0.3, 0.4) is 0 Å². The fourth-order valence-corrected chi connectivity index (χ4v) is 28.2. The van der Waals surface area contributed by atoms with Crippen molar-refractivity contribution in [1.29, 1.82) is 0 Å². The number of anilines is 5. The Labute approximate surface area is 872 Å². The summed E-state index contributed by atoms with van der Waals surface area (Å²) >= 11 is 6.00. The van der Waals surface area contributed by atoms with E-state index in [2.05, 4.69) is 101 Å². The van der Waals surface area contributed by atoms with Crippen LogP contribution in [0.4, 0.5) is 28.4 Å². The predicted octanol–water partition coefficient (Wildman–Crippen LogP) is 20.6. The van der Waals surface area contributed by atoms with Crippen molar-refractivity contribution < 1.29 is 85.2 Å². The molecule has 3 aliphatic heterocycles. The van der Waals surface area contributed by atoms with E-state index in [0.717, 1.165) is 212 Å². The van der Waals surface area contributed by atoms with E-state index in [-0.39, 0.29) is 150 Å². The number of nitrogens with zero attached hydrogens (tertiary/aromatic N) is 5. The summed E-state index contributed by atoms with van der Waals surface area (Å²) < 4.78 is 127. The summed E-state index contributed by atoms with van der Waals surface area (Å²) in [5.41, 5.74) is 11.3. The zero-order valence-electron chi connectivity index (χ0n) is 88.8. The molecule has 7 fully saturated rings. The lowest BCUT2D eigenvalue weighted by atomic mass is 9.79. The first-order valence-corrected chi connectivity index (χ1v) is 62.4. The van der Waals surface area contributed by atoms with Crippen molar-refractivity contribution in [1.82, 2.24) is 0 Å². The van der Waals surface area contributed by atoms with Crippen LogP contribution in [0.25, 0.3) is 0 Å². The summed E-state index contributed by atoms with van der Waals surface area (Å²) in [4.78, 5) is 111. The molecule has 24 nitrogen and oxygen atoms in total. The SMILES string of the molecule is CC(=O)N(C)c1ccc(CC(=O)C2CCC(CS(=O)(=O)C(C)C)CC2)cc1.CC(C)S(=O)(=O)CC1CCC(C(=O)Cc2ccc(N3CCCCC3)cc2)CC1.CC(C)S(=O)(=O)CC1CCC(C(=O)Cc2ccc(N3CCOCC3)cc2)CC1.CCN(CC)c1ccc(CC(=O)C2CCC(CS(=O)(=O)C(C)C)CC2)cc1.Cc1cc(CC(=O)C2CCC(CS(=O)(=O)C(C)C)CC2)ccc1N1C(=O)c2ccc(Cl)cc2C1=O. The van der Waals surface area contributed by atoms with Gasteiger partial charge in [0.2, 0.25) is 5.91 Å². The molecule has 6 aromatic rings. The minimum Gasteiger partial charge on any atom is -0.378 e. The van der Waals surface area contributed by atoms with Crippen molar-refractivity contribution in [3.8, 4) is 0 Å². The molecule has 145 heavy (non-hydrogen) atoms. The lowest BCUT2D eigenvalue weighted by molar-refractivity contribution is -0.124. The van der Waals surface area contributed by atoms with Gasteiger partial charge in [0.1, 0.15) is 28.9 Å². The van der Waals surface area contributed by atoms with Crippen molar-refractivity contribution >= 4 is 136 Å². The van der Waals surface area contributed by atoms with Gasteiger partial charge in [0.15, 0.2) is 49.2 Å². The molecule has 0 bridgehead atoms. The van der Waals surface area contributed by atoms with Gasteiger partial charge in [0.25, 0.3) is 11.8 Å². The minimum atomic E-state index is -3.07. The van der Waals surface area contributed by atoms with Crippen LogP contribution in [0.2, 0.25) is 5.02 Å². The van der Waals surface area contributed by atoms with Gasteiger partial charge in [0.05, 0.1) is 85.0 Å². The number of piperidine rings is 1. The number of imide groups is 1. The summed E-state index contributed by atoms with van der Waals surface area (Å²) in [6.07, 6.45) is 22.2. The molecule has 8 aliphatic rings. The Morgan fingerprint density at radius 3 is 0.917 bits per heavy atom. The third-order valence-electron chi connectivity index (χ3n) is 31.5. The van der Waals surface area contributed by atoms with Gasteiger partial charge in [-0.25, -0.2) is 47.0 Å². The number of Topliss-reactive ketones (excluding diaryl/α,β-unsaturated/α-hetero) is 5. The molecule has 0 radical (unpaired) electrons. The van der Waals surface area contributed by atoms with Gasteiger partial charge in [-0.15, -0.1) is 0 Å². The molecular weight excluding hydrogens is 1950 g/mol. The van der Waals surface area contributed by atoms with E-state index < -0.39 is 55.1 Å². The molecule has 0 spiro atoms. The number of fused-ring (bicyclic) bond motifs is 1. The van der Waals surface area contributed by atoms with E-state index in [0.29, 0.717) is 72.1 Å². The smallest absolute Gasteiger partial charge is 0.266 e. The first-order chi connectivity index (χ1) is 68.5. The Kier molecular flexibility index (Phi) is 44.9. The van der Waals surface area contributed by atoms with Crippen LogP contribution in [0.5, 0.6) is 0 Å². The second kappa shape index (κ2) is 54.9. The number of carbonyl (C=O) groups is 8. The van der Waals surface area contributed by atoms with Gasteiger partial charge in [-0.1, -0.05) is 72.3 Å². The number of aryl methyl sites for hydroxylation is 1. The standard InChI is InChI=1S/C27H30ClNO5S.C23H35NO3S.C22H33NO4S.C22H35NO3S.C21H31NO4S/c1-16(2)35(33,34)15-18-4-7-20(8-5-18)25(30)13-19-6-11-24(17(3)12-19)29-26(31)22-10-9-21(28)14-23(22)27(29)32;1-18(2)28(26,27)17-20-6-10-21(11-7-20)23(25)16-19-8-12-22(13-9-19)24-14-4-3-5-15-24;1-17(2)28(25,26)16-19-3-7-20(8-4-19)22(24)15-18-5-9-21(10-6-18)23-11-13-27-14-12-23;1-5-23(6-2)21-13-9-18(10-14-21)15-22(24)20-11-7-19(8-12-20)16-27(25,26)17(3)4;1-15(2)27(25,26)14-18-5-9-19(10-6-18)21(24)13-17-7-11-20(12-8-17)22(4)16(3)23/h6,9-12,14,16,18,20H,4-5,7-8,13,15H2,1-3H3;8-9,12-13,18,20-21H,3-7,10-11,14-17H2,1-2H3;5-6,9-10,17,19-20H,3-4,7-8,11-16H2,1-2H3;9-10,13-14,17,19-20H,5-8,11-12,15-16H2,1-4H3;7-8,11-12,15,18-19H,5-6,9-10,13-14H2,1-4H3. The molecular formula is C115H164ClN5O19S5. The van der Waals surface area contributed by atoms with Gasteiger partial charge in [-0.3, -0.25) is 38.4 Å². The molecule has 3 amide bonds. The third kappa shape index (κ3) is 35.1. The molecule has 30 heteroatoms. The van der Waals surface area contributed by atoms with Crippen molar-refractivity contribution in [2.75, 3.05) is 113 Å². The maximum atomic E-state index is 13.0. The first kappa shape index (κ1) is 119. The normalized spacial score (nSPS) is 21.8. The fourth-order valence-electron chi connectivity index (χ4n) is 21.2. The highest BCUT2D eigenvalue weighted by atomic mass is 35.5. The maximum Gasteiger partial charge on any atom is 0.266 e. The minimum absolute atomic E-state index is 0.0302. The lowest BCUT2D eigenvalue weighted by Crippen LogP contribution is -2.36. The van der Waals surface area contributed by atoms with E-state index in [1.807, 2.05) is 37.3 Å². The Morgan fingerprint density at radius 1 is 0.352 bits per heavy atom. The molecule has 14 rings (SSSR count). The summed E-state index contributed by atoms with van der Waals surface area (Å²) in [5.74, 6) is 2.95. The number of amides is 3. The Morgan fingerprint density at radius 2 is 0.628 bits per heavy atom. The Hall–Kier alpha value is -8.32. The zero-order valence-corrected chi connectivity index (χ0v) is 93.6. The van der Waals surface area contributed by atoms with Crippen LogP contribution < -0.4 is 24.5 Å².